The molecule has 0 N–H and O–H groups in total. The largest absolute Gasteiger partial charge is 0.465 e. The molecule has 1 unspecified atom stereocenters. The quantitative estimate of drug-likeness (QED) is 0.627. The van der Waals surface area contributed by atoms with Gasteiger partial charge >= 0.3 is 5.97 Å². The first kappa shape index (κ1) is 14.8. The standard InChI is InChI=1S/C14H25NO4/c1-2-17-13(16)11-15(12-6-7-12)8-10-19-14-5-3-4-9-18-14/h12,14H,2-11H2,1H3. The van der Waals surface area contributed by atoms with Crippen molar-refractivity contribution in [2.24, 2.45) is 0 Å². The minimum atomic E-state index is -0.136. The van der Waals surface area contributed by atoms with Crippen LogP contribution in [0.4, 0.5) is 0 Å². The number of carbonyl (C=O) groups is 1. The summed E-state index contributed by atoms with van der Waals surface area (Å²) >= 11 is 0. The first-order chi connectivity index (χ1) is 9.29. The number of carbonyl (C=O) groups excluding carboxylic acids is 1. The lowest BCUT2D eigenvalue weighted by molar-refractivity contribution is -0.165. The summed E-state index contributed by atoms with van der Waals surface area (Å²) < 4.78 is 16.2. The molecule has 5 nitrogen and oxygen atoms in total. The molecule has 1 heterocycles. The fourth-order valence-electron chi connectivity index (χ4n) is 2.35. The average Bonchev–Trinajstić information content (AvgIpc) is 3.23. The molecule has 1 atom stereocenters. The van der Waals surface area contributed by atoms with Crippen LogP contribution in [0.15, 0.2) is 0 Å². The lowest BCUT2D eigenvalue weighted by atomic mass is 10.2. The third-order valence-corrected chi connectivity index (χ3v) is 3.52. The molecule has 2 aliphatic rings. The number of hydrogen-bond donors (Lipinski definition) is 0. The predicted octanol–water partition coefficient (Wildman–Crippen LogP) is 1.56. The maximum absolute atomic E-state index is 11.5. The van der Waals surface area contributed by atoms with Gasteiger partial charge in [0.05, 0.1) is 19.8 Å². The van der Waals surface area contributed by atoms with Gasteiger partial charge in [0, 0.05) is 19.2 Å². The van der Waals surface area contributed by atoms with Crippen molar-refractivity contribution in [3.05, 3.63) is 0 Å². The smallest absolute Gasteiger partial charge is 0.320 e. The van der Waals surface area contributed by atoms with Gasteiger partial charge < -0.3 is 14.2 Å². The summed E-state index contributed by atoms with van der Waals surface area (Å²) in [7, 11) is 0. The lowest BCUT2D eigenvalue weighted by Crippen LogP contribution is -2.36. The summed E-state index contributed by atoms with van der Waals surface area (Å²) in [6, 6.07) is 0.542. The maximum atomic E-state index is 11.5. The molecule has 0 bridgehead atoms. The van der Waals surface area contributed by atoms with Crippen molar-refractivity contribution in [1.29, 1.82) is 0 Å². The molecule has 2 fully saturated rings. The summed E-state index contributed by atoms with van der Waals surface area (Å²) in [6.45, 7) is 4.88. The molecule has 0 aromatic rings. The van der Waals surface area contributed by atoms with Crippen LogP contribution in [0.2, 0.25) is 0 Å². The van der Waals surface area contributed by atoms with Crippen molar-refractivity contribution in [2.75, 3.05) is 32.9 Å². The van der Waals surface area contributed by atoms with E-state index in [2.05, 4.69) is 4.90 Å². The fourth-order valence-corrected chi connectivity index (χ4v) is 2.35. The van der Waals surface area contributed by atoms with Crippen LogP contribution in [0.3, 0.4) is 0 Å². The van der Waals surface area contributed by atoms with Crippen LogP contribution < -0.4 is 0 Å². The molecule has 1 saturated heterocycles. The van der Waals surface area contributed by atoms with Crippen molar-refractivity contribution in [3.63, 3.8) is 0 Å². The lowest BCUT2D eigenvalue weighted by Gasteiger charge is -2.25. The van der Waals surface area contributed by atoms with E-state index in [4.69, 9.17) is 14.2 Å². The molecule has 2 rings (SSSR count). The van der Waals surface area contributed by atoms with Crippen molar-refractivity contribution in [1.82, 2.24) is 4.90 Å². The Kier molecular flexibility index (Phi) is 6.07. The van der Waals surface area contributed by atoms with Crippen LogP contribution in [-0.4, -0.2) is 56.1 Å². The Morgan fingerprint density at radius 3 is 2.79 bits per heavy atom. The Hall–Kier alpha value is -0.650. The van der Waals surface area contributed by atoms with E-state index in [1.807, 2.05) is 6.92 Å². The maximum Gasteiger partial charge on any atom is 0.320 e. The zero-order chi connectivity index (χ0) is 13.5. The molecule has 0 spiro atoms. The highest BCUT2D eigenvalue weighted by Crippen LogP contribution is 2.26. The van der Waals surface area contributed by atoms with E-state index in [-0.39, 0.29) is 12.3 Å². The number of hydrogen-bond acceptors (Lipinski definition) is 5. The first-order valence-corrected chi connectivity index (χ1v) is 7.42. The van der Waals surface area contributed by atoms with Crippen molar-refractivity contribution in [2.45, 2.75) is 51.4 Å². The zero-order valence-electron chi connectivity index (χ0n) is 11.8. The van der Waals surface area contributed by atoms with Gasteiger partial charge in [-0.05, 0) is 39.0 Å². The highest BCUT2D eigenvalue weighted by molar-refractivity contribution is 5.71. The van der Waals surface area contributed by atoms with E-state index >= 15 is 0 Å². The second kappa shape index (κ2) is 7.82. The van der Waals surface area contributed by atoms with Gasteiger partial charge in [0.2, 0.25) is 0 Å². The Morgan fingerprint density at radius 2 is 2.16 bits per heavy atom. The summed E-state index contributed by atoms with van der Waals surface area (Å²) in [5.41, 5.74) is 0. The van der Waals surface area contributed by atoms with E-state index in [1.54, 1.807) is 0 Å². The molecule has 1 aliphatic carbocycles. The highest BCUT2D eigenvalue weighted by Gasteiger charge is 2.30. The molecule has 0 amide bonds. The molecule has 1 aliphatic heterocycles. The van der Waals surface area contributed by atoms with E-state index in [9.17, 15) is 4.79 Å². The molecule has 5 heteroatoms. The predicted molar refractivity (Wildman–Crippen MR) is 70.8 cm³/mol. The second-order valence-corrected chi connectivity index (χ2v) is 5.17. The summed E-state index contributed by atoms with van der Waals surface area (Å²) in [4.78, 5) is 13.7. The van der Waals surface area contributed by atoms with Crippen LogP contribution in [0.25, 0.3) is 0 Å². The fraction of sp³-hybridized carbons (Fsp3) is 0.929. The van der Waals surface area contributed by atoms with Crippen LogP contribution in [-0.2, 0) is 19.0 Å². The monoisotopic (exact) mass is 271 g/mol. The van der Waals surface area contributed by atoms with Gasteiger partial charge in [-0.15, -0.1) is 0 Å². The van der Waals surface area contributed by atoms with E-state index < -0.39 is 0 Å². The van der Waals surface area contributed by atoms with Gasteiger partial charge in [-0.2, -0.15) is 0 Å². The Morgan fingerprint density at radius 1 is 1.32 bits per heavy atom. The Bertz CT molecular complexity index is 275. The molecular weight excluding hydrogens is 246 g/mol. The first-order valence-electron chi connectivity index (χ1n) is 7.42. The molecular formula is C14H25NO4. The zero-order valence-corrected chi connectivity index (χ0v) is 11.8. The summed E-state index contributed by atoms with van der Waals surface area (Å²) in [5, 5.41) is 0. The third kappa shape index (κ3) is 5.47. The van der Waals surface area contributed by atoms with Gasteiger partial charge in [0.25, 0.3) is 0 Å². The van der Waals surface area contributed by atoms with Gasteiger partial charge in [0.15, 0.2) is 6.29 Å². The van der Waals surface area contributed by atoms with Crippen LogP contribution in [0, 0.1) is 0 Å². The van der Waals surface area contributed by atoms with E-state index in [0.29, 0.717) is 25.8 Å². The number of rotatable bonds is 8. The number of nitrogens with zero attached hydrogens (tertiary/aromatic N) is 1. The average molecular weight is 271 g/mol. The Labute approximate surface area is 115 Å². The molecule has 0 aromatic heterocycles. The number of ether oxygens (including phenoxy) is 3. The van der Waals surface area contributed by atoms with Crippen LogP contribution >= 0.6 is 0 Å². The molecule has 110 valence electrons. The minimum Gasteiger partial charge on any atom is -0.465 e. The van der Waals surface area contributed by atoms with Crippen molar-refractivity contribution in [3.8, 4) is 0 Å². The third-order valence-electron chi connectivity index (χ3n) is 3.52. The molecule has 0 radical (unpaired) electrons. The van der Waals surface area contributed by atoms with Crippen LogP contribution in [0.5, 0.6) is 0 Å². The summed E-state index contributed by atoms with van der Waals surface area (Å²) in [5.74, 6) is -0.136. The second-order valence-electron chi connectivity index (χ2n) is 5.17. The SMILES string of the molecule is CCOC(=O)CN(CCOC1CCCCO1)C1CC1. The van der Waals surface area contributed by atoms with Crippen LogP contribution in [0.1, 0.15) is 39.0 Å². The van der Waals surface area contributed by atoms with Gasteiger partial charge in [0.1, 0.15) is 0 Å². The Balaban J connectivity index is 1.64. The normalized spacial score (nSPS) is 23.6. The van der Waals surface area contributed by atoms with Crippen molar-refractivity contribution >= 4 is 5.97 Å². The molecule has 0 aromatic carbocycles. The van der Waals surface area contributed by atoms with E-state index in [1.165, 1.54) is 19.3 Å². The van der Waals surface area contributed by atoms with Crippen molar-refractivity contribution < 1.29 is 19.0 Å². The van der Waals surface area contributed by atoms with Gasteiger partial charge in [-0.1, -0.05) is 0 Å². The number of esters is 1. The molecule has 19 heavy (non-hydrogen) atoms. The van der Waals surface area contributed by atoms with Gasteiger partial charge in [-0.25, -0.2) is 0 Å². The summed E-state index contributed by atoms with van der Waals surface area (Å²) in [6.07, 6.45) is 5.62. The minimum absolute atomic E-state index is 0.0441. The topological polar surface area (TPSA) is 48.0 Å². The molecule has 1 saturated carbocycles. The highest BCUT2D eigenvalue weighted by atomic mass is 16.7. The van der Waals surface area contributed by atoms with E-state index in [0.717, 1.165) is 26.0 Å². The van der Waals surface area contributed by atoms with Gasteiger partial charge in [-0.3, -0.25) is 9.69 Å².